The minimum atomic E-state index is -0.415. The van der Waals surface area contributed by atoms with E-state index in [1.165, 1.54) is 12.8 Å². The maximum absolute atomic E-state index is 11.3. The van der Waals surface area contributed by atoms with Crippen LogP contribution in [0.5, 0.6) is 0 Å². The second-order valence-corrected chi connectivity index (χ2v) is 6.50. The predicted molar refractivity (Wildman–Crippen MR) is 90.2 cm³/mol. The van der Waals surface area contributed by atoms with Crippen LogP contribution in [0.15, 0.2) is 24.5 Å². The summed E-state index contributed by atoms with van der Waals surface area (Å²) in [6.07, 6.45) is 6.08. The van der Waals surface area contributed by atoms with Crippen LogP contribution < -0.4 is 5.73 Å². The third-order valence-electron chi connectivity index (χ3n) is 4.27. The summed E-state index contributed by atoms with van der Waals surface area (Å²) in [5.41, 5.74) is 6.42. The van der Waals surface area contributed by atoms with Gasteiger partial charge in [0.05, 0.1) is 12.5 Å². The van der Waals surface area contributed by atoms with Gasteiger partial charge in [-0.1, -0.05) is 6.07 Å². The van der Waals surface area contributed by atoms with Crippen LogP contribution in [0.3, 0.4) is 0 Å². The second-order valence-electron chi connectivity index (χ2n) is 6.50. The van der Waals surface area contributed by atoms with Crippen LogP contribution in [0.2, 0.25) is 0 Å². The third-order valence-corrected chi connectivity index (χ3v) is 4.27. The molecule has 0 aliphatic carbocycles. The van der Waals surface area contributed by atoms with Crippen molar-refractivity contribution in [2.24, 2.45) is 5.73 Å². The number of rotatable bonds is 6. The van der Waals surface area contributed by atoms with Gasteiger partial charge < -0.3 is 5.73 Å². The van der Waals surface area contributed by atoms with Crippen molar-refractivity contribution in [3.05, 3.63) is 41.7 Å². The Morgan fingerprint density at radius 1 is 1.33 bits per heavy atom. The SMILES string of the molecule is CC(C)n1nc(CC(N)=O)nc1C(c1cccnc1)N1CCCC1. The number of hydrogen-bond acceptors (Lipinski definition) is 5. The fraction of sp³-hybridized carbons (Fsp3) is 0.529. The number of hydrogen-bond donors (Lipinski definition) is 1. The van der Waals surface area contributed by atoms with Crippen LogP contribution >= 0.6 is 0 Å². The monoisotopic (exact) mass is 328 g/mol. The number of nitrogens with two attached hydrogens (primary N) is 1. The van der Waals surface area contributed by atoms with Crippen LogP contribution in [0.25, 0.3) is 0 Å². The maximum atomic E-state index is 11.3. The second kappa shape index (κ2) is 7.09. The summed E-state index contributed by atoms with van der Waals surface area (Å²) in [5.74, 6) is 0.928. The molecule has 0 saturated carbocycles. The molecular weight excluding hydrogens is 304 g/mol. The molecule has 1 aliphatic heterocycles. The lowest BCUT2D eigenvalue weighted by Gasteiger charge is -2.27. The molecule has 2 N–H and O–H groups in total. The van der Waals surface area contributed by atoms with E-state index in [-0.39, 0.29) is 18.5 Å². The average Bonchev–Trinajstić information content (AvgIpc) is 3.19. The summed E-state index contributed by atoms with van der Waals surface area (Å²) < 4.78 is 1.91. The Balaban J connectivity index is 2.06. The molecule has 0 spiro atoms. The number of amides is 1. The maximum Gasteiger partial charge on any atom is 0.225 e. The van der Waals surface area contributed by atoms with Gasteiger partial charge in [0.1, 0.15) is 5.82 Å². The number of primary amides is 1. The minimum Gasteiger partial charge on any atom is -0.369 e. The van der Waals surface area contributed by atoms with E-state index in [0.29, 0.717) is 5.82 Å². The minimum absolute atomic E-state index is 0.00211. The molecule has 1 aliphatic rings. The van der Waals surface area contributed by atoms with Gasteiger partial charge in [-0.3, -0.25) is 14.7 Å². The van der Waals surface area contributed by atoms with E-state index in [1.54, 1.807) is 6.20 Å². The number of aromatic nitrogens is 4. The normalized spacial score (nSPS) is 16.6. The van der Waals surface area contributed by atoms with Gasteiger partial charge >= 0.3 is 0 Å². The molecule has 7 nitrogen and oxygen atoms in total. The first kappa shape index (κ1) is 16.6. The quantitative estimate of drug-likeness (QED) is 0.867. The first-order valence-electron chi connectivity index (χ1n) is 8.44. The van der Waals surface area contributed by atoms with E-state index in [1.807, 2.05) is 16.9 Å². The number of carbonyl (C=O) groups excluding carboxylic acids is 1. The Kier molecular flexibility index (Phi) is 4.89. The summed E-state index contributed by atoms with van der Waals surface area (Å²) >= 11 is 0. The molecule has 1 unspecified atom stereocenters. The van der Waals surface area contributed by atoms with Crippen LogP contribution in [-0.2, 0) is 11.2 Å². The molecule has 1 fully saturated rings. The molecule has 128 valence electrons. The van der Waals surface area contributed by atoms with E-state index < -0.39 is 5.91 Å². The highest BCUT2D eigenvalue weighted by atomic mass is 16.1. The number of carbonyl (C=O) groups is 1. The van der Waals surface area contributed by atoms with E-state index in [2.05, 4.69) is 39.9 Å². The summed E-state index contributed by atoms with van der Waals surface area (Å²) in [6, 6.07) is 4.16. The van der Waals surface area contributed by atoms with Crippen molar-refractivity contribution >= 4 is 5.91 Å². The zero-order valence-electron chi connectivity index (χ0n) is 14.2. The molecule has 7 heteroatoms. The van der Waals surface area contributed by atoms with Crippen molar-refractivity contribution < 1.29 is 4.79 Å². The fourth-order valence-corrected chi connectivity index (χ4v) is 3.24. The number of nitrogens with zero attached hydrogens (tertiary/aromatic N) is 5. The van der Waals surface area contributed by atoms with Crippen LogP contribution in [-0.4, -0.2) is 43.6 Å². The highest BCUT2D eigenvalue weighted by Gasteiger charge is 2.30. The van der Waals surface area contributed by atoms with Crippen molar-refractivity contribution in [2.75, 3.05) is 13.1 Å². The highest BCUT2D eigenvalue weighted by Crippen LogP contribution is 2.31. The van der Waals surface area contributed by atoms with Crippen LogP contribution in [0, 0.1) is 0 Å². The molecule has 1 amide bonds. The van der Waals surface area contributed by atoms with E-state index in [9.17, 15) is 4.79 Å². The molecule has 0 radical (unpaired) electrons. The van der Waals surface area contributed by atoms with Gasteiger partial charge in [0.15, 0.2) is 5.82 Å². The average molecular weight is 328 g/mol. The summed E-state index contributed by atoms with van der Waals surface area (Å²) in [7, 11) is 0. The fourth-order valence-electron chi connectivity index (χ4n) is 3.24. The van der Waals surface area contributed by atoms with Crippen LogP contribution in [0.4, 0.5) is 0 Å². The van der Waals surface area contributed by atoms with Gasteiger partial charge in [-0.15, -0.1) is 0 Å². The molecule has 1 saturated heterocycles. The Morgan fingerprint density at radius 3 is 2.67 bits per heavy atom. The molecule has 24 heavy (non-hydrogen) atoms. The molecule has 0 aromatic carbocycles. The molecule has 0 bridgehead atoms. The van der Waals surface area contributed by atoms with Crippen molar-refractivity contribution in [1.82, 2.24) is 24.6 Å². The zero-order chi connectivity index (χ0) is 17.1. The lowest BCUT2D eigenvalue weighted by atomic mass is 10.1. The van der Waals surface area contributed by atoms with Gasteiger partial charge in [-0.25, -0.2) is 9.67 Å². The molecule has 3 heterocycles. The third kappa shape index (κ3) is 3.46. The van der Waals surface area contributed by atoms with E-state index in [0.717, 1.165) is 24.5 Å². The van der Waals surface area contributed by atoms with Gasteiger partial charge in [-0.2, -0.15) is 5.10 Å². The first-order chi connectivity index (χ1) is 11.6. The summed E-state index contributed by atoms with van der Waals surface area (Å²) in [4.78, 5) is 22.6. The lowest BCUT2D eigenvalue weighted by molar-refractivity contribution is -0.117. The largest absolute Gasteiger partial charge is 0.369 e. The van der Waals surface area contributed by atoms with Crippen LogP contribution in [0.1, 0.15) is 56.0 Å². The molecule has 2 aromatic heterocycles. The standard InChI is InChI=1S/C17H24N6O/c1-12(2)23-17(20-15(21-23)10-14(18)24)16(22-8-3-4-9-22)13-6-5-7-19-11-13/h5-7,11-12,16H,3-4,8-10H2,1-2H3,(H2,18,24). The van der Waals surface area contributed by atoms with Gasteiger partial charge in [0.2, 0.25) is 5.91 Å². The molecule has 1 atom stereocenters. The molecular formula is C17H24N6O. The van der Waals surface area contributed by atoms with Gasteiger partial charge in [0.25, 0.3) is 0 Å². The van der Waals surface area contributed by atoms with Gasteiger partial charge in [0, 0.05) is 18.4 Å². The lowest BCUT2D eigenvalue weighted by Crippen LogP contribution is -2.29. The van der Waals surface area contributed by atoms with Gasteiger partial charge in [-0.05, 0) is 51.4 Å². The number of likely N-dealkylation sites (tertiary alicyclic amines) is 1. The predicted octanol–water partition coefficient (Wildman–Crippen LogP) is 1.47. The Hall–Kier alpha value is -2.28. The zero-order valence-corrected chi connectivity index (χ0v) is 14.2. The molecule has 3 rings (SSSR count). The van der Waals surface area contributed by atoms with E-state index in [4.69, 9.17) is 5.73 Å². The summed E-state index contributed by atoms with van der Waals surface area (Å²) in [6.45, 7) is 6.18. The molecule has 2 aromatic rings. The smallest absolute Gasteiger partial charge is 0.225 e. The van der Waals surface area contributed by atoms with Crippen molar-refractivity contribution in [1.29, 1.82) is 0 Å². The highest BCUT2D eigenvalue weighted by molar-refractivity contribution is 5.75. The summed E-state index contributed by atoms with van der Waals surface area (Å²) in [5, 5.41) is 4.53. The Morgan fingerprint density at radius 2 is 2.08 bits per heavy atom. The van der Waals surface area contributed by atoms with E-state index >= 15 is 0 Å². The van der Waals surface area contributed by atoms with Crippen molar-refractivity contribution in [2.45, 2.75) is 45.2 Å². The Labute approximate surface area is 141 Å². The Bertz CT molecular complexity index is 690. The topological polar surface area (TPSA) is 89.9 Å². The number of pyridine rings is 1. The van der Waals surface area contributed by atoms with Crippen molar-refractivity contribution in [3.8, 4) is 0 Å². The van der Waals surface area contributed by atoms with Crippen molar-refractivity contribution in [3.63, 3.8) is 0 Å². The first-order valence-corrected chi connectivity index (χ1v) is 8.44.